The lowest BCUT2D eigenvalue weighted by molar-refractivity contribution is 0.0600. The summed E-state index contributed by atoms with van der Waals surface area (Å²) in [5.74, 6) is -0.558. The number of carbonyl (C=O) groups excluding carboxylic acids is 2. The Kier molecular flexibility index (Phi) is 6.61. The first kappa shape index (κ1) is 24.0. The predicted molar refractivity (Wildman–Crippen MR) is 130 cm³/mol. The quantitative estimate of drug-likeness (QED) is 0.335. The lowest BCUT2D eigenvalue weighted by atomic mass is 10.1. The van der Waals surface area contributed by atoms with Crippen LogP contribution in [0.2, 0.25) is 0 Å². The molecule has 0 unspecified atom stereocenters. The molecule has 0 atom stereocenters. The Hall–Kier alpha value is -4.11. The Balaban J connectivity index is 1.91. The van der Waals surface area contributed by atoms with Gasteiger partial charge in [-0.15, -0.1) is 0 Å². The molecule has 0 aliphatic carbocycles. The average molecular weight is 494 g/mol. The van der Waals surface area contributed by atoms with Gasteiger partial charge in [-0.05, 0) is 68.4 Å². The fourth-order valence-corrected chi connectivity index (χ4v) is 5.14. The van der Waals surface area contributed by atoms with E-state index < -0.39 is 21.9 Å². The number of hydrogen-bond acceptors (Lipinski definition) is 7. The first-order valence-electron chi connectivity index (χ1n) is 10.8. The van der Waals surface area contributed by atoms with Gasteiger partial charge in [0.2, 0.25) is 0 Å². The van der Waals surface area contributed by atoms with Crippen LogP contribution < -0.4 is 9.04 Å². The molecule has 9 heteroatoms. The number of esters is 1. The Labute approximate surface area is 202 Å². The highest BCUT2D eigenvalue weighted by Crippen LogP contribution is 2.33. The molecule has 1 amide bonds. The minimum Gasteiger partial charge on any atom is -0.494 e. The van der Waals surface area contributed by atoms with E-state index in [1.165, 1.54) is 61.7 Å². The van der Waals surface area contributed by atoms with Crippen LogP contribution in [-0.2, 0) is 14.8 Å². The summed E-state index contributed by atoms with van der Waals surface area (Å²) in [7, 11) is -3.11. The zero-order valence-corrected chi connectivity index (χ0v) is 20.2. The summed E-state index contributed by atoms with van der Waals surface area (Å²) in [6.07, 6.45) is 0. The molecule has 0 fully saturated rings. The van der Waals surface area contributed by atoms with Crippen LogP contribution in [0.4, 0.5) is 5.69 Å². The molecule has 1 aromatic heterocycles. The van der Waals surface area contributed by atoms with Crippen molar-refractivity contribution in [3.63, 3.8) is 0 Å². The van der Waals surface area contributed by atoms with Gasteiger partial charge < -0.3 is 13.9 Å². The summed E-state index contributed by atoms with van der Waals surface area (Å²) in [6.45, 7) is 3.86. The summed E-state index contributed by atoms with van der Waals surface area (Å²) in [5.41, 5.74) is 0.747. The summed E-state index contributed by atoms with van der Waals surface area (Å²) in [4.78, 5) is 25.8. The molecule has 0 radical (unpaired) electrons. The highest BCUT2D eigenvalue weighted by molar-refractivity contribution is 7.93. The molecule has 0 spiro atoms. The largest absolute Gasteiger partial charge is 0.494 e. The molecule has 1 heterocycles. The lowest BCUT2D eigenvalue weighted by Gasteiger charge is -2.23. The fraction of sp³-hybridized carbons (Fsp3) is 0.154. The predicted octanol–water partition coefficient (Wildman–Crippen LogP) is 4.96. The number of nitrogens with zero attached hydrogens (tertiary/aromatic N) is 1. The second-order valence-corrected chi connectivity index (χ2v) is 9.34. The van der Waals surface area contributed by atoms with Gasteiger partial charge in [0.25, 0.3) is 15.9 Å². The number of amides is 1. The number of rotatable bonds is 7. The van der Waals surface area contributed by atoms with Crippen LogP contribution in [0, 0.1) is 6.92 Å². The van der Waals surface area contributed by atoms with Gasteiger partial charge in [-0.1, -0.05) is 18.2 Å². The van der Waals surface area contributed by atoms with Gasteiger partial charge in [0.15, 0.2) is 0 Å². The van der Waals surface area contributed by atoms with Gasteiger partial charge in [0, 0.05) is 10.9 Å². The maximum atomic E-state index is 13.8. The highest BCUT2D eigenvalue weighted by Gasteiger charge is 2.33. The van der Waals surface area contributed by atoms with Crippen LogP contribution in [-0.4, -0.2) is 34.0 Å². The van der Waals surface area contributed by atoms with Crippen molar-refractivity contribution in [1.82, 2.24) is 0 Å². The van der Waals surface area contributed by atoms with Gasteiger partial charge in [0.05, 0.1) is 24.3 Å². The minimum absolute atomic E-state index is 0.0474. The van der Waals surface area contributed by atoms with Crippen molar-refractivity contribution in [3.05, 3.63) is 89.7 Å². The summed E-state index contributed by atoms with van der Waals surface area (Å²) >= 11 is 0. The zero-order valence-electron chi connectivity index (χ0n) is 19.3. The second-order valence-electron chi connectivity index (χ2n) is 7.55. The molecule has 8 nitrogen and oxygen atoms in total. The van der Waals surface area contributed by atoms with E-state index in [1.54, 1.807) is 25.1 Å². The lowest BCUT2D eigenvalue weighted by Crippen LogP contribution is -2.37. The molecule has 4 rings (SSSR count). The molecule has 0 saturated heterocycles. The second kappa shape index (κ2) is 9.63. The van der Waals surface area contributed by atoms with Crippen molar-refractivity contribution >= 4 is 38.6 Å². The Morgan fingerprint density at radius 3 is 2.29 bits per heavy atom. The summed E-state index contributed by atoms with van der Waals surface area (Å²) in [5, 5.41) is 0.333. The summed E-state index contributed by atoms with van der Waals surface area (Å²) in [6, 6.07) is 18.3. The third kappa shape index (κ3) is 4.50. The molecular formula is C26H23NO7S. The number of anilines is 1. The molecule has 3 aromatic carbocycles. The first-order valence-corrected chi connectivity index (χ1v) is 12.2. The Morgan fingerprint density at radius 2 is 1.66 bits per heavy atom. The van der Waals surface area contributed by atoms with E-state index in [1.807, 2.05) is 6.92 Å². The Bertz CT molecular complexity index is 1490. The molecule has 0 N–H and O–H groups in total. The number of methoxy groups -OCH3 is 1. The number of carbonyl (C=O) groups is 2. The van der Waals surface area contributed by atoms with Crippen molar-refractivity contribution in [2.75, 3.05) is 18.0 Å². The number of furan rings is 1. The van der Waals surface area contributed by atoms with Crippen molar-refractivity contribution in [2.24, 2.45) is 0 Å². The van der Waals surface area contributed by atoms with E-state index in [0.717, 1.165) is 4.31 Å². The van der Waals surface area contributed by atoms with Crippen molar-refractivity contribution in [2.45, 2.75) is 18.7 Å². The standard InChI is InChI=1S/C26H23NO7S/c1-4-33-20-11-13-21(14-12-20)35(30,31)27(25(28)18-8-6-5-7-9-18)19-10-15-23-22(16-19)24(17(2)34-23)26(29)32-3/h5-16H,4H2,1-3H3. The molecule has 180 valence electrons. The normalized spacial score (nSPS) is 11.3. The molecule has 0 saturated carbocycles. The topological polar surface area (TPSA) is 103 Å². The van der Waals surface area contributed by atoms with Gasteiger partial charge >= 0.3 is 5.97 Å². The van der Waals surface area contributed by atoms with Crippen LogP contribution >= 0.6 is 0 Å². The highest BCUT2D eigenvalue weighted by atomic mass is 32.2. The number of sulfonamides is 1. The van der Waals surface area contributed by atoms with Gasteiger partial charge in [-0.25, -0.2) is 13.2 Å². The van der Waals surface area contributed by atoms with Crippen LogP contribution in [0.25, 0.3) is 11.0 Å². The number of hydrogen-bond donors (Lipinski definition) is 0. The van der Waals surface area contributed by atoms with Crippen LogP contribution in [0.1, 0.15) is 33.4 Å². The molecular weight excluding hydrogens is 470 g/mol. The fourth-order valence-electron chi connectivity index (χ4n) is 3.73. The van der Waals surface area contributed by atoms with E-state index in [4.69, 9.17) is 13.9 Å². The van der Waals surface area contributed by atoms with E-state index in [-0.39, 0.29) is 21.7 Å². The number of benzene rings is 3. The monoisotopic (exact) mass is 493 g/mol. The smallest absolute Gasteiger partial charge is 0.342 e. The minimum atomic E-state index is -4.35. The first-order chi connectivity index (χ1) is 16.8. The van der Waals surface area contributed by atoms with Crippen molar-refractivity contribution in [1.29, 1.82) is 0 Å². The summed E-state index contributed by atoms with van der Waals surface area (Å²) < 4.78 is 44.2. The van der Waals surface area contributed by atoms with Crippen LogP contribution in [0.15, 0.2) is 82.1 Å². The maximum Gasteiger partial charge on any atom is 0.342 e. The van der Waals surface area contributed by atoms with E-state index >= 15 is 0 Å². The van der Waals surface area contributed by atoms with Gasteiger partial charge in [0.1, 0.15) is 22.7 Å². The molecule has 0 aliphatic heterocycles. The van der Waals surface area contributed by atoms with Crippen LogP contribution in [0.5, 0.6) is 5.75 Å². The van der Waals surface area contributed by atoms with E-state index in [0.29, 0.717) is 29.1 Å². The van der Waals surface area contributed by atoms with Crippen LogP contribution in [0.3, 0.4) is 0 Å². The molecule has 0 bridgehead atoms. The van der Waals surface area contributed by atoms with Crippen molar-refractivity contribution < 1.29 is 31.9 Å². The zero-order chi connectivity index (χ0) is 25.2. The molecule has 0 aliphatic rings. The third-order valence-electron chi connectivity index (χ3n) is 5.35. The number of aryl methyl sites for hydroxylation is 1. The average Bonchev–Trinajstić information content (AvgIpc) is 3.19. The van der Waals surface area contributed by atoms with E-state index in [2.05, 4.69) is 0 Å². The Morgan fingerprint density at radius 1 is 0.971 bits per heavy atom. The van der Waals surface area contributed by atoms with Crippen molar-refractivity contribution in [3.8, 4) is 5.75 Å². The van der Waals surface area contributed by atoms with Gasteiger partial charge in [-0.2, -0.15) is 4.31 Å². The van der Waals surface area contributed by atoms with E-state index in [9.17, 15) is 18.0 Å². The number of fused-ring (bicyclic) bond motifs is 1. The third-order valence-corrected chi connectivity index (χ3v) is 7.08. The van der Waals surface area contributed by atoms with Gasteiger partial charge in [-0.3, -0.25) is 4.79 Å². The molecule has 35 heavy (non-hydrogen) atoms. The maximum absolute atomic E-state index is 13.8. The SMILES string of the molecule is CCOc1ccc(S(=O)(=O)N(C(=O)c2ccccc2)c2ccc3oc(C)c(C(=O)OC)c3c2)cc1. The number of ether oxygens (including phenoxy) is 2. The molecule has 4 aromatic rings.